The summed E-state index contributed by atoms with van der Waals surface area (Å²) in [6.45, 7) is 1.41. The number of aromatic nitrogens is 3. The van der Waals surface area contributed by atoms with E-state index in [1.165, 1.54) is 6.92 Å². The Balaban J connectivity index is 2.04. The third-order valence-electron chi connectivity index (χ3n) is 3.22. The number of rotatable bonds is 2. The first kappa shape index (κ1) is 13.3. The van der Waals surface area contributed by atoms with Gasteiger partial charge in [-0.1, -0.05) is 5.21 Å². The SMILES string of the molecule is Cc1c(F)c(N)cc(F)c1Oc1ccc2c(c1)nnn2C. The van der Waals surface area contributed by atoms with Crippen LogP contribution in [0.5, 0.6) is 11.5 Å². The maximum Gasteiger partial charge on any atom is 0.169 e. The Bertz CT molecular complexity index is 845. The largest absolute Gasteiger partial charge is 0.454 e. The van der Waals surface area contributed by atoms with Gasteiger partial charge >= 0.3 is 0 Å². The smallest absolute Gasteiger partial charge is 0.169 e. The standard InChI is InChI=1S/C14H12F2N4O/c1-7-13(16)10(17)6-9(15)14(7)21-8-3-4-12-11(5-8)18-19-20(12)2/h3-6H,17H2,1-2H3. The molecule has 0 amide bonds. The molecule has 0 fully saturated rings. The van der Waals surface area contributed by atoms with Crippen molar-refractivity contribution in [1.82, 2.24) is 15.0 Å². The van der Waals surface area contributed by atoms with Gasteiger partial charge in [-0.3, -0.25) is 0 Å². The fourth-order valence-corrected chi connectivity index (χ4v) is 2.09. The van der Waals surface area contributed by atoms with Crippen molar-refractivity contribution in [2.75, 3.05) is 5.73 Å². The Morgan fingerprint density at radius 3 is 2.76 bits per heavy atom. The van der Waals surface area contributed by atoms with Gasteiger partial charge in [0.05, 0.1) is 11.2 Å². The minimum Gasteiger partial charge on any atom is -0.454 e. The molecule has 0 saturated carbocycles. The van der Waals surface area contributed by atoms with Gasteiger partial charge in [-0.15, -0.1) is 5.10 Å². The van der Waals surface area contributed by atoms with Gasteiger partial charge in [0.25, 0.3) is 0 Å². The Labute approximate surface area is 118 Å². The molecular formula is C14H12F2N4O. The molecule has 0 aliphatic heterocycles. The lowest BCUT2D eigenvalue weighted by Crippen LogP contribution is -2.00. The highest BCUT2D eigenvalue weighted by molar-refractivity contribution is 5.76. The second kappa shape index (κ2) is 4.69. The zero-order valence-electron chi connectivity index (χ0n) is 11.4. The summed E-state index contributed by atoms with van der Waals surface area (Å²) in [7, 11) is 1.76. The lowest BCUT2D eigenvalue weighted by Gasteiger charge is -2.11. The lowest BCUT2D eigenvalue weighted by molar-refractivity contribution is 0.432. The van der Waals surface area contributed by atoms with Crippen molar-refractivity contribution in [3.8, 4) is 11.5 Å². The van der Waals surface area contributed by atoms with E-state index in [0.29, 0.717) is 11.3 Å². The van der Waals surface area contributed by atoms with E-state index in [4.69, 9.17) is 10.5 Å². The van der Waals surface area contributed by atoms with Crippen molar-refractivity contribution in [2.24, 2.45) is 7.05 Å². The van der Waals surface area contributed by atoms with Crippen LogP contribution >= 0.6 is 0 Å². The average Bonchev–Trinajstić information content (AvgIpc) is 2.82. The van der Waals surface area contributed by atoms with Crippen LogP contribution in [-0.4, -0.2) is 15.0 Å². The molecule has 1 aromatic heterocycles. The molecule has 3 aromatic rings. The molecule has 0 aliphatic rings. The molecule has 5 nitrogen and oxygen atoms in total. The predicted molar refractivity (Wildman–Crippen MR) is 74.1 cm³/mol. The first-order chi connectivity index (χ1) is 9.97. The van der Waals surface area contributed by atoms with Crippen LogP contribution in [0.25, 0.3) is 11.0 Å². The Morgan fingerprint density at radius 1 is 1.24 bits per heavy atom. The van der Waals surface area contributed by atoms with E-state index in [2.05, 4.69) is 10.3 Å². The van der Waals surface area contributed by atoms with Gasteiger partial charge in [-0.05, 0) is 19.1 Å². The summed E-state index contributed by atoms with van der Waals surface area (Å²) in [6.07, 6.45) is 0. The molecule has 0 aliphatic carbocycles. The maximum atomic E-state index is 13.9. The van der Waals surface area contributed by atoms with E-state index in [9.17, 15) is 8.78 Å². The van der Waals surface area contributed by atoms with Gasteiger partial charge in [0.1, 0.15) is 11.3 Å². The number of benzene rings is 2. The van der Waals surface area contributed by atoms with Crippen molar-refractivity contribution >= 4 is 16.7 Å². The Hall–Kier alpha value is -2.70. The quantitative estimate of drug-likeness (QED) is 0.737. The molecule has 0 saturated heterocycles. The highest BCUT2D eigenvalue weighted by Gasteiger charge is 2.16. The fourth-order valence-electron chi connectivity index (χ4n) is 2.09. The highest BCUT2D eigenvalue weighted by Crippen LogP contribution is 2.33. The third-order valence-corrected chi connectivity index (χ3v) is 3.22. The lowest BCUT2D eigenvalue weighted by atomic mass is 10.1. The normalized spacial score (nSPS) is 11.0. The molecule has 2 N–H and O–H groups in total. The van der Waals surface area contributed by atoms with Gasteiger partial charge in [-0.2, -0.15) is 0 Å². The van der Waals surface area contributed by atoms with Crippen LogP contribution in [0.2, 0.25) is 0 Å². The summed E-state index contributed by atoms with van der Waals surface area (Å²) in [5, 5.41) is 7.81. The number of nitrogens with two attached hydrogens (primary N) is 1. The molecular weight excluding hydrogens is 278 g/mol. The molecule has 3 rings (SSSR count). The van der Waals surface area contributed by atoms with Crippen molar-refractivity contribution in [1.29, 1.82) is 0 Å². The second-order valence-electron chi connectivity index (χ2n) is 4.68. The number of hydrogen-bond donors (Lipinski definition) is 1. The fraction of sp³-hybridized carbons (Fsp3) is 0.143. The minimum atomic E-state index is -0.717. The molecule has 1 heterocycles. The van der Waals surface area contributed by atoms with Gasteiger partial charge < -0.3 is 10.5 Å². The number of fused-ring (bicyclic) bond motifs is 1. The number of aryl methyl sites for hydroxylation is 1. The summed E-state index contributed by atoms with van der Waals surface area (Å²) in [4.78, 5) is 0. The number of nitrogen functional groups attached to an aromatic ring is 1. The van der Waals surface area contributed by atoms with E-state index in [-0.39, 0.29) is 17.0 Å². The third kappa shape index (κ3) is 2.16. The van der Waals surface area contributed by atoms with E-state index < -0.39 is 11.6 Å². The van der Waals surface area contributed by atoms with Crippen LogP contribution in [0.1, 0.15) is 5.56 Å². The van der Waals surface area contributed by atoms with Crippen LogP contribution in [0, 0.1) is 18.6 Å². The molecule has 7 heteroatoms. The average molecular weight is 290 g/mol. The second-order valence-corrected chi connectivity index (χ2v) is 4.68. The van der Waals surface area contributed by atoms with E-state index in [1.54, 1.807) is 29.9 Å². The van der Waals surface area contributed by atoms with Crippen LogP contribution < -0.4 is 10.5 Å². The van der Waals surface area contributed by atoms with Crippen LogP contribution in [0.15, 0.2) is 24.3 Å². The minimum absolute atomic E-state index is 0.0201. The number of halogens is 2. The molecule has 0 spiro atoms. The number of ether oxygens (including phenoxy) is 1. The predicted octanol–water partition coefficient (Wildman–Crippen LogP) is 2.93. The van der Waals surface area contributed by atoms with Crippen molar-refractivity contribution < 1.29 is 13.5 Å². The molecule has 108 valence electrons. The van der Waals surface area contributed by atoms with Crippen molar-refractivity contribution in [2.45, 2.75) is 6.92 Å². The summed E-state index contributed by atoms with van der Waals surface area (Å²) < 4.78 is 34.7. The van der Waals surface area contributed by atoms with E-state index >= 15 is 0 Å². The highest BCUT2D eigenvalue weighted by atomic mass is 19.1. The Kier molecular flexibility index (Phi) is 2.97. The zero-order chi connectivity index (χ0) is 15.1. The van der Waals surface area contributed by atoms with Crippen LogP contribution in [-0.2, 0) is 7.05 Å². The molecule has 0 radical (unpaired) electrons. The van der Waals surface area contributed by atoms with Gasteiger partial charge in [0, 0.05) is 24.7 Å². The maximum absolute atomic E-state index is 13.9. The zero-order valence-corrected chi connectivity index (χ0v) is 11.4. The molecule has 0 atom stereocenters. The van der Waals surface area contributed by atoms with Crippen LogP contribution in [0.4, 0.5) is 14.5 Å². The summed E-state index contributed by atoms with van der Waals surface area (Å²) in [5.74, 6) is -1.25. The van der Waals surface area contributed by atoms with Gasteiger partial charge in [-0.25, -0.2) is 13.5 Å². The number of hydrogen-bond acceptors (Lipinski definition) is 4. The molecule has 0 bridgehead atoms. The van der Waals surface area contributed by atoms with Crippen molar-refractivity contribution in [3.63, 3.8) is 0 Å². The number of anilines is 1. The summed E-state index contributed by atoms with van der Waals surface area (Å²) in [5.41, 5.74) is 6.55. The monoisotopic (exact) mass is 290 g/mol. The first-order valence-electron chi connectivity index (χ1n) is 6.18. The Morgan fingerprint density at radius 2 is 2.00 bits per heavy atom. The topological polar surface area (TPSA) is 66.0 Å². The first-order valence-corrected chi connectivity index (χ1v) is 6.18. The molecule has 0 unspecified atom stereocenters. The van der Waals surface area contributed by atoms with Crippen LogP contribution in [0.3, 0.4) is 0 Å². The summed E-state index contributed by atoms with van der Waals surface area (Å²) in [6, 6.07) is 5.89. The van der Waals surface area contributed by atoms with E-state index in [0.717, 1.165) is 11.6 Å². The van der Waals surface area contributed by atoms with Gasteiger partial charge in [0.15, 0.2) is 17.4 Å². The summed E-state index contributed by atoms with van der Waals surface area (Å²) >= 11 is 0. The molecule has 2 aromatic carbocycles. The van der Waals surface area contributed by atoms with E-state index in [1.807, 2.05) is 0 Å². The van der Waals surface area contributed by atoms with Gasteiger partial charge in [0.2, 0.25) is 0 Å². The number of nitrogens with zero attached hydrogens (tertiary/aromatic N) is 3. The van der Waals surface area contributed by atoms with Crippen molar-refractivity contribution in [3.05, 3.63) is 41.5 Å². The molecule has 21 heavy (non-hydrogen) atoms.